The van der Waals surface area contributed by atoms with E-state index < -0.39 is 35.7 Å². The molecule has 1 aromatic carbocycles. The van der Waals surface area contributed by atoms with Crippen molar-refractivity contribution in [2.45, 2.75) is 43.1 Å². The Morgan fingerprint density at radius 2 is 2.00 bits per heavy atom. The van der Waals surface area contributed by atoms with E-state index >= 15 is 0 Å². The van der Waals surface area contributed by atoms with Crippen molar-refractivity contribution in [3.63, 3.8) is 0 Å². The highest BCUT2D eigenvalue weighted by molar-refractivity contribution is 5.38. The number of hydrogen-bond donors (Lipinski definition) is 2. The minimum absolute atomic E-state index is 0.0767. The fourth-order valence-corrected chi connectivity index (χ4v) is 5.30. The van der Waals surface area contributed by atoms with Crippen LogP contribution in [0.1, 0.15) is 41.0 Å². The zero-order valence-corrected chi connectivity index (χ0v) is 15.9. The quantitative estimate of drug-likeness (QED) is 0.722. The first kappa shape index (κ1) is 19.9. The predicted octanol–water partition coefficient (Wildman–Crippen LogP) is 3.14. The van der Waals surface area contributed by atoms with Crippen LogP contribution in [0, 0.1) is 17.6 Å². The first-order valence-electron chi connectivity index (χ1n) is 9.93. The van der Waals surface area contributed by atoms with Gasteiger partial charge in [-0.2, -0.15) is 18.3 Å². The van der Waals surface area contributed by atoms with Crippen LogP contribution < -0.4 is 5.73 Å². The van der Waals surface area contributed by atoms with Crippen LogP contribution in [0.5, 0.6) is 0 Å². The lowest BCUT2D eigenvalue weighted by molar-refractivity contribution is -0.142. The fourth-order valence-electron chi connectivity index (χ4n) is 5.30. The van der Waals surface area contributed by atoms with Gasteiger partial charge in [0.1, 0.15) is 23.4 Å². The molecule has 0 bridgehead atoms. The Morgan fingerprint density at radius 1 is 1.20 bits per heavy atom. The smallest absolute Gasteiger partial charge is 0.370 e. The van der Waals surface area contributed by atoms with Crippen LogP contribution in [0.3, 0.4) is 0 Å². The number of nitrogens with two attached hydrogens (primary N) is 1. The number of rotatable bonds is 2. The van der Waals surface area contributed by atoms with Crippen molar-refractivity contribution < 1.29 is 26.7 Å². The molecule has 30 heavy (non-hydrogen) atoms. The first-order valence-corrected chi connectivity index (χ1v) is 9.93. The second kappa shape index (κ2) is 7.00. The van der Waals surface area contributed by atoms with Gasteiger partial charge in [0.2, 0.25) is 0 Å². The molecule has 3 heterocycles. The van der Waals surface area contributed by atoms with Gasteiger partial charge in [0.25, 0.3) is 0 Å². The summed E-state index contributed by atoms with van der Waals surface area (Å²) in [6, 6.07) is 2.56. The summed E-state index contributed by atoms with van der Waals surface area (Å²) in [5, 5.41) is 6.04. The van der Waals surface area contributed by atoms with Crippen molar-refractivity contribution in [2.75, 3.05) is 19.7 Å². The number of fused-ring (bicyclic) bond motifs is 3. The van der Waals surface area contributed by atoms with Crippen molar-refractivity contribution in [3.8, 4) is 0 Å². The van der Waals surface area contributed by atoms with Gasteiger partial charge in [-0.15, -0.1) is 0 Å². The van der Waals surface area contributed by atoms with Crippen LogP contribution in [-0.4, -0.2) is 46.9 Å². The van der Waals surface area contributed by atoms with E-state index in [1.807, 2.05) is 0 Å². The summed E-state index contributed by atoms with van der Waals surface area (Å²) in [5.41, 5.74) is 6.39. The Labute approximate surface area is 169 Å². The number of nitrogens with zero attached hydrogens (tertiary/aromatic N) is 2. The molecule has 5 atom stereocenters. The number of alkyl halides is 3. The van der Waals surface area contributed by atoms with Gasteiger partial charge < -0.3 is 10.5 Å². The molecule has 2 unspecified atom stereocenters. The van der Waals surface area contributed by atoms with E-state index in [9.17, 15) is 22.0 Å². The number of halogens is 5. The van der Waals surface area contributed by atoms with Crippen LogP contribution >= 0.6 is 0 Å². The van der Waals surface area contributed by atoms with Crippen molar-refractivity contribution in [2.24, 2.45) is 11.7 Å². The summed E-state index contributed by atoms with van der Waals surface area (Å²) in [6.07, 6.45) is -4.21. The lowest BCUT2D eigenvalue weighted by Gasteiger charge is -2.39. The molecule has 1 aliphatic carbocycles. The van der Waals surface area contributed by atoms with Crippen molar-refractivity contribution in [1.29, 1.82) is 0 Å². The Balaban J connectivity index is 1.29. The molecule has 0 spiro atoms. The minimum atomic E-state index is -4.46. The molecule has 2 aromatic rings. The highest BCUT2D eigenvalue weighted by Gasteiger charge is 2.49. The monoisotopic (exact) mass is 428 g/mol. The first-order chi connectivity index (χ1) is 14.2. The van der Waals surface area contributed by atoms with Crippen LogP contribution in [0.15, 0.2) is 18.2 Å². The third-order valence-corrected chi connectivity index (χ3v) is 6.64. The standard InChI is InChI=1S/C20H21F5N4O/c21-10-1-2-14(22)12(4-10)18-15(26)5-11(8-30-18)29-6-9-3-16-17(13(9)7-29)19(28-27-16)20(23,24)25/h1-2,4,9,11,13,15,18H,3,5-8,26H2,(H,27,28)/t9?,11-,13?,15+,18-/m1/s1. The van der Waals surface area contributed by atoms with Gasteiger partial charge in [-0.25, -0.2) is 8.78 Å². The van der Waals surface area contributed by atoms with Gasteiger partial charge in [-0.05, 0) is 37.0 Å². The van der Waals surface area contributed by atoms with Crippen molar-refractivity contribution in [1.82, 2.24) is 15.1 Å². The largest absolute Gasteiger partial charge is 0.433 e. The fraction of sp³-hybridized carbons (Fsp3) is 0.550. The molecule has 3 aliphatic rings. The van der Waals surface area contributed by atoms with Gasteiger partial charge in [-0.3, -0.25) is 10.00 Å². The lowest BCUT2D eigenvalue weighted by Crippen LogP contribution is -2.49. The summed E-state index contributed by atoms with van der Waals surface area (Å²) in [5.74, 6) is -1.29. The Morgan fingerprint density at radius 3 is 2.73 bits per heavy atom. The van der Waals surface area contributed by atoms with Gasteiger partial charge in [-0.1, -0.05) is 0 Å². The average Bonchev–Trinajstić information content (AvgIpc) is 3.34. The molecule has 0 saturated carbocycles. The number of hydrogen-bond acceptors (Lipinski definition) is 4. The number of H-pyrrole nitrogens is 1. The molecule has 162 valence electrons. The van der Waals surface area contributed by atoms with E-state index in [1.54, 1.807) is 0 Å². The van der Waals surface area contributed by atoms with E-state index in [4.69, 9.17) is 10.5 Å². The number of ether oxygens (including phenoxy) is 1. The van der Waals surface area contributed by atoms with Crippen LogP contribution in [0.25, 0.3) is 0 Å². The molecule has 3 N–H and O–H groups in total. The highest BCUT2D eigenvalue weighted by atomic mass is 19.4. The minimum Gasteiger partial charge on any atom is -0.370 e. The van der Waals surface area contributed by atoms with E-state index in [2.05, 4.69) is 15.1 Å². The highest BCUT2D eigenvalue weighted by Crippen LogP contribution is 2.48. The third-order valence-electron chi connectivity index (χ3n) is 6.64. The van der Waals surface area contributed by atoms with Gasteiger partial charge in [0, 0.05) is 42.2 Å². The van der Waals surface area contributed by atoms with E-state index in [0.717, 1.165) is 18.2 Å². The maximum absolute atomic E-state index is 14.1. The van der Waals surface area contributed by atoms with Crippen LogP contribution in [0.2, 0.25) is 0 Å². The van der Waals surface area contributed by atoms with Gasteiger partial charge in [0.05, 0.1) is 12.3 Å². The Bertz CT molecular complexity index is 961. The molecule has 5 rings (SSSR count). The molecule has 10 heteroatoms. The maximum Gasteiger partial charge on any atom is 0.433 e. The number of benzene rings is 1. The van der Waals surface area contributed by atoms with Crippen LogP contribution in [-0.2, 0) is 17.3 Å². The number of nitrogens with one attached hydrogen (secondary N) is 1. The molecule has 2 aliphatic heterocycles. The SMILES string of the molecule is N[C@H]1C[C@@H](N2CC3Cc4n[nH]c(C(F)(F)F)c4C3C2)CO[C@@H]1c1cc(F)ccc1F. The summed E-state index contributed by atoms with van der Waals surface area (Å²) < 4.78 is 73.4. The zero-order valence-electron chi connectivity index (χ0n) is 15.9. The normalized spacial score (nSPS) is 31.7. The molecule has 2 saturated heterocycles. The van der Waals surface area contributed by atoms with E-state index in [0.29, 0.717) is 31.6 Å². The molecule has 1 aromatic heterocycles. The molecular weight excluding hydrogens is 407 g/mol. The summed E-state index contributed by atoms with van der Waals surface area (Å²) in [4.78, 5) is 2.11. The molecule has 0 radical (unpaired) electrons. The van der Waals surface area contributed by atoms with Crippen LogP contribution in [0.4, 0.5) is 22.0 Å². The third kappa shape index (κ3) is 3.21. The van der Waals surface area contributed by atoms with Gasteiger partial charge in [0.15, 0.2) is 0 Å². The van der Waals surface area contributed by atoms with Crippen molar-refractivity contribution in [3.05, 3.63) is 52.3 Å². The number of likely N-dealkylation sites (tertiary alicyclic amines) is 1. The number of aromatic amines is 1. The second-order valence-corrected chi connectivity index (χ2v) is 8.45. The predicted molar refractivity (Wildman–Crippen MR) is 96.5 cm³/mol. The topological polar surface area (TPSA) is 67.2 Å². The van der Waals surface area contributed by atoms with Gasteiger partial charge >= 0.3 is 6.18 Å². The number of aromatic nitrogens is 2. The summed E-state index contributed by atoms with van der Waals surface area (Å²) >= 11 is 0. The summed E-state index contributed by atoms with van der Waals surface area (Å²) in [6.45, 7) is 1.37. The molecule has 0 amide bonds. The molecule has 2 fully saturated rings. The second-order valence-electron chi connectivity index (χ2n) is 8.45. The van der Waals surface area contributed by atoms with E-state index in [1.165, 1.54) is 0 Å². The van der Waals surface area contributed by atoms with Crippen molar-refractivity contribution >= 4 is 0 Å². The maximum atomic E-state index is 14.1. The molecular formula is C20H21F5N4O. The Kier molecular flexibility index (Phi) is 4.64. The molecule has 5 nitrogen and oxygen atoms in total. The van der Waals surface area contributed by atoms with E-state index in [-0.39, 0.29) is 35.6 Å². The summed E-state index contributed by atoms with van der Waals surface area (Å²) in [7, 11) is 0. The average molecular weight is 428 g/mol. The Hall–Kier alpha value is -2.04. The zero-order chi connectivity index (χ0) is 21.2. The lowest BCUT2D eigenvalue weighted by atomic mass is 9.93.